The molecule has 1 aliphatic rings. The highest BCUT2D eigenvalue weighted by Crippen LogP contribution is 2.26. The number of halogens is 1. The summed E-state index contributed by atoms with van der Waals surface area (Å²) in [7, 11) is 0. The third-order valence-electron chi connectivity index (χ3n) is 5.29. The number of nitrogens with zero attached hydrogens (tertiary/aromatic N) is 2. The molecule has 1 amide bonds. The lowest BCUT2D eigenvalue weighted by Crippen LogP contribution is -2.47. The van der Waals surface area contributed by atoms with Gasteiger partial charge in [0, 0.05) is 37.8 Å². The number of benzene rings is 2. The SMILES string of the molecule is CCCC(=O)N(c1ccc(C)cc1)C1CCN(Cc2ccc(F)cc2)CC1. The molecule has 0 atom stereocenters. The lowest BCUT2D eigenvalue weighted by Gasteiger charge is -2.38. The van der Waals surface area contributed by atoms with Gasteiger partial charge in [0.1, 0.15) is 5.82 Å². The molecule has 0 bridgehead atoms. The van der Waals surface area contributed by atoms with Crippen LogP contribution in [0.5, 0.6) is 0 Å². The molecule has 1 fully saturated rings. The lowest BCUT2D eigenvalue weighted by molar-refractivity contribution is -0.119. The average molecular weight is 368 g/mol. The minimum atomic E-state index is -0.194. The largest absolute Gasteiger partial charge is 0.309 e. The number of hydrogen-bond donors (Lipinski definition) is 0. The van der Waals surface area contributed by atoms with Gasteiger partial charge in [-0.1, -0.05) is 36.8 Å². The maximum Gasteiger partial charge on any atom is 0.227 e. The Bertz CT molecular complexity index is 734. The Balaban J connectivity index is 1.65. The van der Waals surface area contributed by atoms with E-state index >= 15 is 0 Å². The Labute approximate surface area is 161 Å². The summed E-state index contributed by atoms with van der Waals surface area (Å²) in [5.74, 6) is 0.0268. The minimum absolute atomic E-state index is 0.194. The molecule has 2 aromatic rings. The fourth-order valence-corrected chi connectivity index (χ4v) is 3.78. The number of amides is 1. The van der Waals surface area contributed by atoms with Crippen molar-refractivity contribution in [2.45, 2.75) is 52.1 Å². The molecule has 1 saturated heterocycles. The van der Waals surface area contributed by atoms with E-state index in [-0.39, 0.29) is 17.8 Å². The molecule has 3 nitrogen and oxygen atoms in total. The smallest absolute Gasteiger partial charge is 0.227 e. The van der Waals surface area contributed by atoms with Crippen molar-refractivity contribution in [1.82, 2.24) is 4.90 Å². The van der Waals surface area contributed by atoms with E-state index in [1.54, 1.807) is 0 Å². The van der Waals surface area contributed by atoms with E-state index in [1.165, 1.54) is 17.7 Å². The Morgan fingerprint density at radius 2 is 1.70 bits per heavy atom. The number of anilines is 1. The van der Waals surface area contributed by atoms with Crippen LogP contribution in [0, 0.1) is 12.7 Å². The summed E-state index contributed by atoms with van der Waals surface area (Å²) >= 11 is 0. The molecule has 0 N–H and O–H groups in total. The topological polar surface area (TPSA) is 23.6 Å². The molecule has 2 aromatic carbocycles. The zero-order chi connectivity index (χ0) is 19.2. The van der Waals surface area contributed by atoms with Crippen molar-refractivity contribution in [1.29, 1.82) is 0 Å². The van der Waals surface area contributed by atoms with Crippen molar-refractivity contribution in [2.24, 2.45) is 0 Å². The van der Waals surface area contributed by atoms with Crippen molar-refractivity contribution in [3.05, 3.63) is 65.5 Å². The van der Waals surface area contributed by atoms with Crippen molar-refractivity contribution in [3.8, 4) is 0 Å². The predicted molar refractivity (Wildman–Crippen MR) is 108 cm³/mol. The first-order valence-corrected chi connectivity index (χ1v) is 9.92. The van der Waals surface area contributed by atoms with Crippen LogP contribution in [0.25, 0.3) is 0 Å². The molecule has 27 heavy (non-hydrogen) atoms. The summed E-state index contributed by atoms with van der Waals surface area (Å²) in [6.07, 6.45) is 3.38. The summed E-state index contributed by atoms with van der Waals surface area (Å²) in [5.41, 5.74) is 3.35. The number of rotatable bonds is 6. The first-order chi connectivity index (χ1) is 13.1. The number of aryl methyl sites for hydroxylation is 1. The summed E-state index contributed by atoms with van der Waals surface area (Å²) in [6, 6.07) is 15.3. The van der Waals surface area contributed by atoms with Gasteiger partial charge in [0.15, 0.2) is 0 Å². The van der Waals surface area contributed by atoms with Gasteiger partial charge >= 0.3 is 0 Å². The summed E-state index contributed by atoms with van der Waals surface area (Å²) in [5, 5.41) is 0. The zero-order valence-electron chi connectivity index (χ0n) is 16.3. The molecule has 1 aliphatic heterocycles. The van der Waals surface area contributed by atoms with E-state index in [1.807, 2.05) is 17.0 Å². The first-order valence-electron chi connectivity index (χ1n) is 9.92. The maximum atomic E-state index is 13.1. The van der Waals surface area contributed by atoms with Gasteiger partial charge < -0.3 is 4.90 Å². The summed E-state index contributed by atoms with van der Waals surface area (Å²) in [4.78, 5) is 17.2. The Hall–Kier alpha value is -2.20. The molecule has 0 unspecified atom stereocenters. The Morgan fingerprint density at radius 1 is 1.07 bits per heavy atom. The van der Waals surface area contributed by atoms with Crippen LogP contribution >= 0.6 is 0 Å². The monoisotopic (exact) mass is 368 g/mol. The average Bonchev–Trinajstić information content (AvgIpc) is 2.67. The van der Waals surface area contributed by atoms with Crippen molar-refractivity contribution in [3.63, 3.8) is 0 Å². The molecule has 1 heterocycles. The highest BCUT2D eigenvalue weighted by Gasteiger charge is 2.28. The van der Waals surface area contributed by atoms with Crippen LogP contribution in [0.4, 0.5) is 10.1 Å². The van der Waals surface area contributed by atoms with Crippen LogP contribution in [0.1, 0.15) is 43.7 Å². The van der Waals surface area contributed by atoms with E-state index in [4.69, 9.17) is 0 Å². The third kappa shape index (κ3) is 5.16. The molecule has 0 aliphatic carbocycles. The zero-order valence-corrected chi connectivity index (χ0v) is 16.3. The van der Waals surface area contributed by atoms with E-state index in [0.29, 0.717) is 6.42 Å². The van der Waals surface area contributed by atoms with Gasteiger partial charge in [0.05, 0.1) is 0 Å². The van der Waals surface area contributed by atoms with E-state index in [0.717, 1.165) is 50.1 Å². The van der Waals surface area contributed by atoms with E-state index < -0.39 is 0 Å². The van der Waals surface area contributed by atoms with Crippen LogP contribution in [-0.4, -0.2) is 29.9 Å². The van der Waals surface area contributed by atoms with Crippen molar-refractivity contribution in [2.75, 3.05) is 18.0 Å². The standard InChI is InChI=1S/C23H29FN2O/c1-3-4-23(27)26(21-11-5-18(2)6-12-21)22-13-15-25(16-14-22)17-19-7-9-20(24)10-8-19/h5-12,22H,3-4,13-17H2,1-2H3. The number of carbonyl (C=O) groups is 1. The van der Waals surface area contributed by atoms with Gasteiger partial charge in [0.25, 0.3) is 0 Å². The normalized spacial score (nSPS) is 15.7. The third-order valence-corrected chi connectivity index (χ3v) is 5.29. The van der Waals surface area contributed by atoms with Gasteiger partial charge in [0.2, 0.25) is 5.91 Å². The van der Waals surface area contributed by atoms with Gasteiger partial charge in [-0.2, -0.15) is 0 Å². The maximum absolute atomic E-state index is 13.1. The van der Waals surface area contributed by atoms with Gasteiger partial charge in [-0.3, -0.25) is 9.69 Å². The Kier molecular flexibility index (Phi) is 6.62. The lowest BCUT2D eigenvalue weighted by atomic mass is 10.0. The van der Waals surface area contributed by atoms with E-state index in [9.17, 15) is 9.18 Å². The van der Waals surface area contributed by atoms with Crippen LogP contribution in [-0.2, 0) is 11.3 Å². The molecule has 0 spiro atoms. The Morgan fingerprint density at radius 3 is 2.30 bits per heavy atom. The highest BCUT2D eigenvalue weighted by molar-refractivity contribution is 5.94. The van der Waals surface area contributed by atoms with Crippen LogP contribution < -0.4 is 4.90 Å². The summed E-state index contributed by atoms with van der Waals surface area (Å²) < 4.78 is 13.1. The quantitative estimate of drug-likeness (QED) is 0.722. The molecule has 144 valence electrons. The van der Waals surface area contributed by atoms with Gasteiger partial charge in [-0.05, 0) is 56.0 Å². The molecule has 0 saturated carbocycles. The molecular formula is C23H29FN2O. The molecule has 0 aromatic heterocycles. The van der Waals surface area contributed by atoms with Crippen LogP contribution in [0.3, 0.4) is 0 Å². The first kappa shape index (κ1) is 19.6. The second kappa shape index (κ2) is 9.14. The predicted octanol–water partition coefficient (Wildman–Crippen LogP) is 4.93. The van der Waals surface area contributed by atoms with Crippen LogP contribution in [0.15, 0.2) is 48.5 Å². The second-order valence-electron chi connectivity index (χ2n) is 7.48. The van der Waals surface area contributed by atoms with Gasteiger partial charge in [-0.15, -0.1) is 0 Å². The van der Waals surface area contributed by atoms with Crippen molar-refractivity contribution >= 4 is 11.6 Å². The number of piperidine rings is 1. The molecule has 4 heteroatoms. The number of carbonyl (C=O) groups excluding carboxylic acids is 1. The molecule has 3 rings (SSSR count). The highest BCUT2D eigenvalue weighted by atomic mass is 19.1. The minimum Gasteiger partial charge on any atom is -0.309 e. The van der Waals surface area contributed by atoms with Crippen molar-refractivity contribution < 1.29 is 9.18 Å². The number of likely N-dealkylation sites (tertiary alicyclic amines) is 1. The fourth-order valence-electron chi connectivity index (χ4n) is 3.78. The summed E-state index contributed by atoms with van der Waals surface area (Å²) in [6.45, 7) is 6.85. The van der Waals surface area contributed by atoms with Crippen LogP contribution in [0.2, 0.25) is 0 Å². The number of hydrogen-bond acceptors (Lipinski definition) is 2. The second-order valence-corrected chi connectivity index (χ2v) is 7.48. The molecule has 0 radical (unpaired) electrons. The van der Waals surface area contributed by atoms with Gasteiger partial charge in [-0.25, -0.2) is 4.39 Å². The fraction of sp³-hybridized carbons (Fsp3) is 0.435. The molecular weight excluding hydrogens is 339 g/mol. The van der Waals surface area contributed by atoms with E-state index in [2.05, 4.69) is 43.0 Å².